The molecule has 0 unspecified atom stereocenters. The number of nitrogens with one attached hydrogen (secondary N) is 1. The van der Waals surface area contributed by atoms with Crippen molar-refractivity contribution in [2.45, 2.75) is 32.7 Å². The van der Waals surface area contributed by atoms with Gasteiger partial charge in [0.15, 0.2) is 0 Å². The van der Waals surface area contributed by atoms with Crippen LogP contribution in [0, 0.1) is 0 Å². The van der Waals surface area contributed by atoms with Crippen LogP contribution in [0.15, 0.2) is 18.2 Å². The van der Waals surface area contributed by atoms with Gasteiger partial charge in [-0.2, -0.15) is 0 Å². The maximum atomic E-state index is 4.68. The molecule has 0 saturated carbocycles. The summed E-state index contributed by atoms with van der Waals surface area (Å²) in [6.45, 7) is 7.49. The quantitative estimate of drug-likeness (QED) is 0.861. The number of benzene rings is 1. The normalized spacial score (nSPS) is 12.3. The zero-order valence-corrected chi connectivity index (χ0v) is 11.3. The average Bonchev–Trinajstić information content (AvgIpc) is 2.55. The van der Waals surface area contributed by atoms with Gasteiger partial charge in [-0.15, -0.1) is 0 Å². The molecule has 1 aromatic carbocycles. The van der Waals surface area contributed by atoms with E-state index in [1.165, 1.54) is 11.1 Å². The Morgan fingerprint density at radius 1 is 1.29 bits per heavy atom. The first-order valence-corrected chi connectivity index (χ1v) is 6.04. The highest BCUT2D eigenvalue weighted by molar-refractivity contribution is 5.77. The van der Waals surface area contributed by atoms with Crippen LogP contribution in [-0.4, -0.2) is 16.6 Å². The van der Waals surface area contributed by atoms with E-state index in [1.54, 1.807) is 0 Å². The molecule has 0 spiro atoms. The molecule has 0 aliphatic rings. The maximum absolute atomic E-state index is 4.68. The second-order valence-electron chi connectivity index (χ2n) is 5.57. The Bertz CT molecular complexity index is 532. The lowest BCUT2D eigenvalue weighted by Crippen LogP contribution is -2.10. The van der Waals surface area contributed by atoms with Gasteiger partial charge in [0.2, 0.25) is 0 Å². The van der Waals surface area contributed by atoms with Gasteiger partial charge in [0, 0.05) is 7.05 Å². The Morgan fingerprint density at radius 3 is 2.59 bits per heavy atom. The van der Waals surface area contributed by atoms with Crippen molar-refractivity contribution in [2.24, 2.45) is 7.05 Å². The fourth-order valence-electron chi connectivity index (χ4n) is 2.03. The highest BCUT2D eigenvalue weighted by atomic mass is 15.1. The number of nitrogens with zero attached hydrogens (tertiary/aromatic N) is 2. The van der Waals surface area contributed by atoms with Crippen LogP contribution in [-0.2, 0) is 19.0 Å². The standard InChI is InChI=1S/C14H21N3/c1-14(2,3)10-6-7-12-11(8-10)16-13(9-15-4)17(12)5/h6-8,15H,9H2,1-5H3. The van der Waals surface area contributed by atoms with Crippen LogP contribution in [0.25, 0.3) is 11.0 Å². The summed E-state index contributed by atoms with van der Waals surface area (Å²) in [4.78, 5) is 4.68. The zero-order valence-electron chi connectivity index (χ0n) is 11.3. The van der Waals surface area contributed by atoms with Gasteiger partial charge in [0.05, 0.1) is 17.6 Å². The minimum Gasteiger partial charge on any atom is -0.330 e. The molecule has 3 nitrogen and oxygen atoms in total. The predicted molar refractivity (Wildman–Crippen MR) is 72.2 cm³/mol. The van der Waals surface area contributed by atoms with Crippen LogP contribution in [0.5, 0.6) is 0 Å². The molecule has 1 aromatic heterocycles. The van der Waals surface area contributed by atoms with Crippen molar-refractivity contribution in [1.29, 1.82) is 0 Å². The van der Waals surface area contributed by atoms with Crippen molar-refractivity contribution in [3.05, 3.63) is 29.6 Å². The molecule has 0 aliphatic heterocycles. The van der Waals surface area contributed by atoms with E-state index in [0.717, 1.165) is 17.9 Å². The molecule has 0 saturated heterocycles. The number of hydrogen-bond acceptors (Lipinski definition) is 2. The van der Waals surface area contributed by atoms with Crippen molar-refractivity contribution in [3.8, 4) is 0 Å². The summed E-state index contributed by atoms with van der Waals surface area (Å²) < 4.78 is 2.15. The number of aryl methyl sites for hydroxylation is 1. The zero-order chi connectivity index (χ0) is 12.6. The smallest absolute Gasteiger partial charge is 0.123 e. The lowest BCUT2D eigenvalue weighted by Gasteiger charge is -2.18. The van der Waals surface area contributed by atoms with Crippen molar-refractivity contribution < 1.29 is 0 Å². The summed E-state index contributed by atoms with van der Waals surface area (Å²) >= 11 is 0. The minimum absolute atomic E-state index is 0.175. The molecule has 2 rings (SSSR count). The van der Waals surface area contributed by atoms with Crippen LogP contribution in [0.2, 0.25) is 0 Å². The van der Waals surface area contributed by atoms with Gasteiger partial charge < -0.3 is 9.88 Å². The number of aromatic nitrogens is 2. The monoisotopic (exact) mass is 231 g/mol. The molecule has 0 amide bonds. The summed E-state index contributed by atoms with van der Waals surface area (Å²) in [5, 5.41) is 3.15. The lowest BCUT2D eigenvalue weighted by atomic mass is 9.87. The number of imidazole rings is 1. The first kappa shape index (κ1) is 12.1. The maximum Gasteiger partial charge on any atom is 0.123 e. The van der Waals surface area contributed by atoms with E-state index in [2.05, 4.69) is 60.9 Å². The van der Waals surface area contributed by atoms with Crippen LogP contribution in [0.3, 0.4) is 0 Å². The average molecular weight is 231 g/mol. The first-order valence-electron chi connectivity index (χ1n) is 6.04. The minimum atomic E-state index is 0.175. The Balaban J connectivity index is 2.56. The molecule has 92 valence electrons. The van der Waals surface area contributed by atoms with E-state index < -0.39 is 0 Å². The molecule has 0 radical (unpaired) electrons. The molecule has 1 N–H and O–H groups in total. The summed E-state index contributed by atoms with van der Waals surface area (Å²) in [6.07, 6.45) is 0. The topological polar surface area (TPSA) is 29.9 Å². The fraction of sp³-hybridized carbons (Fsp3) is 0.500. The summed E-state index contributed by atoms with van der Waals surface area (Å²) in [6, 6.07) is 6.57. The Morgan fingerprint density at radius 2 is 2.00 bits per heavy atom. The van der Waals surface area contributed by atoms with E-state index in [9.17, 15) is 0 Å². The van der Waals surface area contributed by atoms with Crippen molar-refractivity contribution in [1.82, 2.24) is 14.9 Å². The Hall–Kier alpha value is -1.35. The summed E-state index contributed by atoms with van der Waals surface area (Å²) in [5.74, 6) is 1.08. The van der Waals surface area contributed by atoms with E-state index >= 15 is 0 Å². The molecule has 0 fully saturated rings. The third-order valence-electron chi connectivity index (χ3n) is 3.17. The van der Waals surface area contributed by atoms with Crippen molar-refractivity contribution in [3.63, 3.8) is 0 Å². The van der Waals surface area contributed by atoms with Gasteiger partial charge in [0.25, 0.3) is 0 Å². The van der Waals surface area contributed by atoms with Gasteiger partial charge in [0.1, 0.15) is 5.82 Å². The largest absolute Gasteiger partial charge is 0.330 e. The highest BCUT2D eigenvalue weighted by Crippen LogP contribution is 2.26. The van der Waals surface area contributed by atoms with Gasteiger partial charge in [-0.25, -0.2) is 4.98 Å². The third kappa shape index (κ3) is 2.20. The molecule has 0 atom stereocenters. The molecule has 1 heterocycles. The van der Waals surface area contributed by atoms with Crippen LogP contribution < -0.4 is 5.32 Å². The molecule has 0 aliphatic carbocycles. The summed E-state index contributed by atoms with van der Waals surface area (Å²) in [5.41, 5.74) is 3.79. The number of hydrogen-bond donors (Lipinski definition) is 1. The second kappa shape index (κ2) is 4.15. The lowest BCUT2D eigenvalue weighted by molar-refractivity contribution is 0.591. The van der Waals surface area contributed by atoms with Crippen LogP contribution in [0.1, 0.15) is 32.2 Å². The SMILES string of the molecule is CNCc1nc2cc(C(C)(C)C)ccc2n1C. The molecule has 2 aromatic rings. The van der Waals surface area contributed by atoms with Crippen molar-refractivity contribution >= 4 is 11.0 Å². The first-order chi connectivity index (χ1) is 7.93. The fourth-order valence-corrected chi connectivity index (χ4v) is 2.03. The highest BCUT2D eigenvalue weighted by Gasteiger charge is 2.15. The predicted octanol–water partition coefficient (Wildman–Crippen LogP) is 2.59. The Kier molecular flexibility index (Phi) is 2.96. The molecular formula is C14H21N3. The van der Waals surface area contributed by atoms with Gasteiger partial charge in [-0.05, 0) is 30.2 Å². The van der Waals surface area contributed by atoms with E-state index in [1.807, 2.05) is 7.05 Å². The van der Waals surface area contributed by atoms with Gasteiger partial charge >= 0.3 is 0 Å². The number of fused-ring (bicyclic) bond motifs is 1. The third-order valence-corrected chi connectivity index (χ3v) is 3.17. The van der Waals surface area contributed by atoms with Gasteiger partial charge in [-0.3, -0.25) is 0 Å². The van der Waals surface area contributed by atoms with Gasteiger partial charge in [-0.1, -0.05) is 26.8 Å². The van der Waals surface area contributed by atoms with E-state index in [4.69, 9.17) is 0 Å². The molecule has 0 bridgehead atoms. The van der Waals surface area contributed by atoms with E-state index in [-0.39, 0.29) is 5.41 Å². The molecule has 17 heavy (non-hydrogen) atoms. The van der Waals surface area contributed by atoms with Crippen molar-refractivity contribution in [2.75, 3.05) is 7.05 Å². The Labute approximate surface area is 103 Å². The molecular weight excluding hydrogens is 210 g/mol. The van der Waals surface area contributed by atoms with Crippen LogP contribution in [0.4, 0.5) is 0 Å². The van der Waals surface area contributed by atoms with E-state index in [0.29, 0.717) is 0 Å². The second-order valence-corrected chi connectivity index (χ2v) is 5.57. The van der Waals surface area contributed by atoms with Crippen LogP contribution >= 0.6 is 0 Å². The summed E-state index contributed by atoms with van der Waals surface area (Å²) in [7, 11) is 4.01. The molecule has 3 heteroatoms. The number of rotatable bonds is 2.